The van der Waals surface area contributed by atoms with E-state index in [2.05, 4.69) is 68.4 Å². The SMILES string of the molecule is CCCCC(CC)C(=O)Oc1ccc(-c2cccc3c2Cc2ccccc2-3)cc1. The van der Waals surface area contributed by atoms with E-state index in [1.807, 2.05) is 12.1 Å². The van der Waals surface area contributed by atoms with Gasteiger partial charge in [0.2, 0.25) is 0 Å². The Balaban J connectivity index is 1.53. The van der Waals surface area contributed by atoms with E-state index < -0.39 is 0 Å². The van der Waals surface area contributed by atoms with E-state index in [1.165, 1.54) is 27.8 Å². The lowest BCUT2D eigenvalue weighted by molar-refractivity contribution is -0.139. The fourth-order valence-corrected chi connectivity index (χ4v) is 4.27. The quantitative estimate of drug-likeness (QED) is 0.252. The van der Waals surface area contributed by atoms with E-state index in [0.717, 1.165) is 37.7 Å². The van der Waals surface area contributed by atoms with Crippen molar-refractivity contribution in [2.24, 2.45) is 5.92 Å². The Kier molecular flexibility index (Phi) is 5.80. The van der Waals surface area contributed by atoms with Crippen LogP contribution >= 0.6 is 0 Å². The Morgan fingerprint density at radius 3 is 2.38 bits per heavy atom. The van der Waals surface area contributed by atoms with E-state index in [4.69, 9.17) is 4.74 Å². The highest BCUT2D eigenvalue weighted by Gasteiger charge is 2.21. The normalized spacial score (nSPS) is 12.9. The number of rotatable bonds is 7. The molecule has 1 atom stereocenters. The molecule has 3 aromatic carbocycles. The summed E-state index contributed by atoms with van der Waals surface area (Å²) in [5.41, 5.74) is 7.85. The molecule has 0 amide bonds. The minimum absolute atomic E-state index is 0.00877. The molecular weight excluding hydrogens is 356 g/mol. The zero-order valence-electron chi connectivity index (χ0n) is 17.3. The zero-order valence-corrected chi connectivity index (χ0v) is 17.3. The van der Waals surface area contributed by atoms with Crippen LogP contribution in [0.15, 0.2) is 66.7 Å². The second kappa shape index (κ2) is 8.65. The predicted molar refractivity (Wildman–Crippen MR) is 119 cm³/mol. The molecule has 0 saturated carbocycles. The Labute approximate surface area is 173 Å². The molecule has 2 heteroatoms. The van der Waals surface area contributed by atoms with Gasteiger partial charge in [0.1, 0.15) is 5.75 Å². The van der Waals surface area contributed by atoms with Crippen molar-refractivity contribution in [3.8, 4) is 28.0 Å². The molecule has 0 saturated heterocycles. The zero-order chi connectivity index (χ0) is 20.2. The lowest BCUT2D eigenvalue weighted by Gasteiger charge is -2.14. The van der Waals surface area contributed by atoms with Gasteiger partial charge in [-0.3, -0.25) is 4.79 Å². The van der Waals surface area contributed by atoms with Gasteiger partial charge >= 0.3 is 5.97 Å². The first-order valence-corrected chi connectivity index (χ1v) is 10.7. The second-order valence-electron chi connectivity index (χ2n) is 7.86. The highest BCUT2D eigenvalue weighted by molar-refractivity contribution is 5.85. The lowest BCUT2D eigenvalue weighted by atomic mass is 9.96. The van der Waals surface area contributed by atoms with Crippen LogP contribution in [0.4, 0.5) is 0 Å². The molecule has 1 aliphatic rings. The Bertz CT molecular complexity index is 1000. The molecule has 0 aliphatic heterocycles. The van der Waals surface area contributed by atoms with Crippen molar-refractivity contribution in [3.63, 3.8) is 0 Å². The molecule has 3 aromatic rings. The number of unbranched alkanes of at least 4 members (excludes halogenated alkanes) is 1. The third-order valence-corrected chi connectivity index (χ3v) is 5.97. The largest absolute Gasteiger partial charge is 0.426 e. The first-order chi connectivity index (χ1) is 14.2. The lowest BCUT2D eigenvalue weighted by Crippen LogP contribution is -2.19. The molecule has 148 valence electrons. The molecule has 0 spiro atoms. The smallest absolute Gasteiger partial charge is 0.314 e. The third-order valence-electron chi connectivity index (χ3n) is 5.97. The minimum atomic E-state index is -0.107. The first kappa shape index (κ1) is 19.4. The number of hydrogen-bond donors (Lipinski definition) is 0. The van der Waals surface area contributed by atoms with Gasteiger partial charge in [-0.2, -0.15) is 0 Å². The van der Waals surface area contributed by atoms with Crippen LogP contribution in [0.5, 0.6) is 5.75 Å². The molecule has 0 N–H and O–H groups in total. The molecule has 2 nitrogen and oxygen atoms in total. The average molecular weight is 385 g/mol. The molecule has 0 aromatic heterocycles. The molecule has 0 fully saturated rings. The standard InChI is InChI=1S/C27H28O2/c1-3-5-9-19(4-2)27(28)29-22-16-14-20(15-17-22)23-12-8-13-25-24-11-7-6-10-21(24)18-26(23)25/h6-8,10-17,19H,3-5,9,18H2,1-2H3. The number of hydrogen-bond acceptors (Lipinski definition) is 2. The van der Waals surface area contributed by atoms with Crippen LogP contribution in [0.2, 0.25) is 0 Å². The summed E-state index contributed by atoms with van der Waals surface area (Å²) < 4.78 is 5.66. The van der Waals surface area contributed by atoms with Gasteiger partial charge < -0.3 is 4.74 Å². The third kappa shape index (κ3) is 3.98. The molecule has 29 heavy (non-hydrogen) atoms. The fraction of sp³-hybridized carbons (Fsp3) is 0.296. The van der Waals surface area contributed by atoms with E-state index in [1.54, 1.807) is 0 Å². The van der Waals surface area contributed by atoms with Gasteiger partial charge in [-0.15, -0.1) is 0 Å². The minimum Gasteiger partial charge on any atom is -0.426 e. The van der Waals surface area contributed by atoms with Gasteiger partial charge in [0.05, 0.1) is 5.92 Å². The van der Waals surface area contributed by atoms with Crippen molar-refractivity contribution < 1.29 is 9.53 Å². The van der Waals surface area contributed by atoms with E-state index in [0.29, 0.717) is 5.75 Å². The average Bonchev–Trinajstić information content (AvgIpc) is 3.14. The van der Waals surface area contributed by atoms with Gasteiger partial charge in [-0.05, 0) is 64.8 Å². The number of benzene rings is 3. The number of ether oxygens (including phenoxy) is 1. The summed E-state index contributed by atoms with van der Waals surface area (Å²) in [7, 11) is 0. The van der Waals surface area contributed by atoms with Crippen molar-refractivity contribution in [2.75, 3.05) is 0 Å². The van der Waals surface area contributed by atoms with Crippen molar-refractivity contribution in [1.29, 1.82) is 0 Å². The summed E-state index contributed by atoms with van der Waals surface area (Å²) >= 11 is 0. The maximum Gasteiger partial charge on any atom is 0.314 e. The van der Waals surface area contributed by atoms with Gasteiger partial charge in [0.15, 0.2) is 0 Å². The second-order valence-corrected chi connectivity index (χ2v) is 7.86. The fourth-order valence-electron chi connectivity index (χ4n) is 4.27. The van der Waals surface area contributed by atoms with E-state index in [-0.39, 0.29) is 11.9 Å². The Morgan fingerprint density at radius 2 is 1.62 bits per heavy atom. The highest BCUT2D eigenvalue weighted by atomic mass is 16.5. The van der Waals surface area contributed by atoms with Crippen LogP contribution in [0.3, 0.4) is 0 Å². The van der Waals surface area contributed by atoms with Gasteiger partial charge in [0, 0.05) is 0 Å². The summed E-state index contributed by atoms with van der Waals surface area (Å²) in [6, 6.07) is 23.1. The summed E-state index contributed by atoms with van der Waals surface area (Å²) in [4.78, 5) is 12.5. The molecule has 0 heterocycles. The van der Waals surface area contributed by atoms with Crippen LogP contribution in [-0.2, 0) is 11.2 Å². The molecule has 0 bridgehead atoms. The topological polar surface area (TPSA) is 26.3 Å². The van der Waals surface area contributed by atoms with Gasteiger partial charge in [-0.1, -0.05) is 81.3 Å². The molecule has 1 aliphatic carbocycles. The van der Waals surface area contributed by atoms with Crippen LogP contribution in [0.1, 0.15) is 50.7 Å². The van der Waals surface area contributed by atoms with E-state index in [9.17, 15) is 4.79 Å². The molecule has 4 rings (SSSR count). The number of carbonyl (C=O) groups excluding carboxylic acids is 1. The van der Waals surface area contributed by atoms with Crippen LogP contribution in [0.25, 0.3) is 22.3 Å². The van der Waals surface area contributed by atoms with Gasteiger partial charge in [-0.25, -0.2) is 0 Å². The molecule has 1 unspecified atom stereocenters. The van der Waals surface area contributed by atoms with Crippen molar-refractivity contribution in [2.45, 2.75) is 46.0 Å². The van der Waals surface area contributed by atoms with Gasteiger partial charge in [0.25, 0.3) is 0 Å². The number of esters is 1. The number of carbonyl (C=O) groups is 1. The molecular formula is C27H28O2. The van der Waals surface area contributed by atoms with Crippen molar-refractivity contribution >= 4 is 5.97 Å². The monoisotopic (exact) mass is 384 g/mol. The maximum absolute atomic E-state index is 12.5. The summed E-state index contributed by atoms with van der Waals surface area (Å²) in [6.45, 7) is 4.20. The van der Waals surface area contributed by atoms with Crippen LogP contribution < -0.4 is 4.74 Å². The number of fused-ring (bicyclic) bond motifs is 3. The predicted octanol–water partition coefficient (Wildman–Crippen LogP) is 7.05. The summed E-state index contributed by atoms with van der Waals surface area (Å²) in [6.07, 6.45) is 4.86. The van der Waals surface area contributed by atoms with E-state index >= 15 is 0 Å². The summed E-state index contributed by atoms with van der Waals surface area (Å²) in [5.74, 6) is 0.514. The van der Waals surface area contributed by atoms with Crippen LogP contribution in [0, 0.1) is 5.92 Å². The van der Waals surface area contributed by atoms with Crippen molar-refractivity contribution in [1.82, 2.24) is 0 Å². The Morgan fingerprint density at radius 1 is 0.897 bits per heavy atom. The maximum atomic E-state index is 12.5. The first-order valence-electron chi connectivity index (χ1n) is 10.7. The van der Waals surface area contributed by atoms with Crippen LogP contribution in [-0.4, -0.2) is 5.97 Å². The molecule has 0 radical (unpaired) electrons. The highest BCUT2D eigenvalue weighted by Crippen LogP contribution is 2.41. The Hall–Kier alpha value is -2.87. The van der Waals surface area contributed by atoms with Crippen molar-refractivity contribution in [3.05, 3.63) is 77.9 Å². The summed E-state index contributed by atoms with van der Waals surface area (Å²) in [5, 5.41) is 0.